The standard InChI is InChI=1S/C39H36INO2/c1-25(42)41(37-20-19-33(28-11-7-13-31(40)22-28)34-14-5-6-15-35(34)37)38-24-36-29(23-39(38)43-2)12-8-16-32(36)30-18-17-26-9-3-4-10-27(26)21-30/h3-7,9-11,13-15,17-18,21-24,32-33,37H,8,12,16,19-20H2,1-2H3/t32?,33-,37-/m1/s1. The van der Waals surface area contributed by atoms with Gasteiger partial charge in [0.1, 0.15) is 5.75 Å². The van der Waals surface area contributed by atoms with Crippen LogP contribution in [0.1, 0.15) is 83.9 Å². The first kappa shape index (κ1) is 28.1. The Labute approximate surface area is 268 Å². The second-order valence-corrected chi connectivity index (χ2v) is 13.2. The molecule has 5 aromatic carbocycles. The van der Waals surface area contributed by atoms with Crippen LogP contribution in [-0.2, 0) is 11.2 Å². The monoisotopic (exact) mass is 677 g/mol. The van der Waals surface area contributed by atoms with E-state index in [9.17, 15) is 4.79 Å². The van der Waals surface area contributed by atoms with Crippen LogP contribution in [0.3, 0.4) is 0 Å². The molecule has 7 rings (SSSR count). The number of fused-ring (bicyclic) bond motifs is 3. The van der Waals surface area contributed by atoms with E-state index in [4.69, 9.17) is 4.74 Å². The number of hydrogen-bond acceptors (Lipinski definition) is 2. The molecule has 216 valence electrons. The minimum absolute atomic E-state index is 0.0452. The molecule has 0 saturated carbocycles. The van der Waals surface area contributed by atoms with Crippen LogP contribution in [0.4, 0.5) is 5.69 Å². The number of methoxy groups -OCH3 is 1. The molecule has 1 unspecified atom stereocenters. The lowest BCUT2D eigenvalue weighted by Gasteiger charge is -2.39. The summed E-state index contributed by atoms with van der Waals surface area (Å²) in [6, 6.07) is 37.5. The van der Waals surface area contributed by atoms with Crippen molar-refractivity contribution in [3.05, 3.63) is 140 Å². The number of hydrogen-bond donors (Lipinski definition) is 0. The van der Waals surface area contributed by atoms with Crippen molar-refractivity contribution in [2.24, 2.45) is 0 Å². The van der Waals surface area contributed by atoms with Crippen LogP contribution in [0, 0.1) is 3.57 Å². The highest BCUT2D eigenvalue weighted by molar-refractivity contribution is 14.1. The van der Waals surface area contributed by atoms with Crippen LogP contribution in [0.5, 0.6) is 5.75 Å². The maximum Gasteiger partial charge on any atom is 0.224 e. The summed E-state index contributed by atoms with van der Waals surface area (Å²) in [5, 5.41) is 2.53. The summed E-state index contributed by atoms with van der Waals surface area (Å²) in [6.07, 6.45) is 5.14. The van der Waals surface area contributed by atoms with Gasteiger partial charge in [0.25, 0.3) is 0 Å². The zero-order valence-electron chi connectivity index (χ0n) is 24.7. The molecule has 0 N–H and O–H groups in total. The van der Waals surface area contributed by atoms with Gasteiger partial charge in [-0.25, -0.2) is 0 Å². The van der Waals surface area contributed by atoms with Crippen molar-refractivity contribution in [1.29, 1.82) is 0 Å². The van der Waals surface area contributed by atoms with Crippen molar-refractivity contribution in [3.63, 3.8) is 0 Å². The predicted octanol–water partition coefficient (Wildman–Crippen LogP) is 9.94. The third-order valence-corrected chi connectivity index (χ3v) is 10.2. The lowest BCUT2D eigenvalue weighted by Crippen LogP contribution is -2.36. The van der Waals surface area contributed by atoms with E-state index in [1.807, 2.05) is 4.90 Å². The highest BCUT2D eigenvalue weighted by Crippen LogP contribution is 2.49. The molecule has 43 heavy (non-hydrogen) atoms. The molecule has 3 nitrogen and oxygen atoms in total. The van der Waals surface area contributed by atoms with Crippen molar-refractivity contribution >= 4 is 45.0 Å². The number of halogens is 1. The largest absolute Gasteiger partial charge is 0.495 e. The molecule has 4 heteroatoms. The lowest BCUT2D eigenvalue weighted by molar-refractivity contribution is -0.117. The lowest BCUT2D eigenvalue weighted by atomic mass is 9.75. The van der Waals surface area contributed by atoms with E-state index < -0.39 is 0 Å². The van der Waals surface area contributed by atoms with Gasteiger partial charge in [-0.2, -0.15) is 0 Å². The van der Waals surface area contributed by atoms with E-state index in [0.717, 1.165) is 43.5 Å². The average Bonchev–Trinajstić information content (AvgIpc) is 3.04. The highest BCUT2D eigenvalue weighted by Gasteiger charge is 2.36. The van der Waals surface area contributed by atoms with Crippen molar-refractivity contribution in [3.8, 4) is 5.75 Å². The fourth-order valence-electron chi connectivity index (χ4n) is 7.60. The Bertz CT molecular complexity index is 1830. The summed E-state index contributed by atoms with van der Waals surface area (Å²) in [6.45, 7) is 1.70. The van der Waals surface area contributed by atoms with Gasteiger partial charge in [-0.1, -0.05) is 78.9 Å². The topological polar surface area (TPSA) is 29.5 Å². The number of rotatable bonds is 5. The summed E-state index contributed by atoms with van der Waals surface area (Å²) in [4.78, 5) is 15.7. The van der Waals surface area contributed by atoms with E-state index in [1.54, 1.807) is 14.0 Å². The fraction of sp³-hybridized carbons (Fsp3) is 0.256. The number of carbonyl (C=O) groups excluding carboxylic acids is 1. The second kappa shape index (κ2) is 11.8. The number of amides is 1. The Balaban J connectivity index is 1.32. The average molecular weight is 678 g/mol. The summed E-state index contributed by atoms with van der Waals surface area (Å²) >= 11 is 2.40. The van der Waals surface area contributed by atoms with E-state index in [2.05, 4.69) is 126 Å². The van der Waals surface area contributed by atoms with Crippen molar-refractivity contribution < 1.29 is 9.53 Å². The third kappa shape index (κ3) is 5.24. The molecule has 0 aliphatic heterocycles. The SMILES string of the molecule is COc1cc2c(cc1N(C(C)=O)[C@@H]1CC[C@H](c3cccc(I)c3)c3ccccc31)C(c1ccc3ccccc3c1)CCC2. The molecule has 2 aliphatic carbocycles. The van der Waals surface area contributed by atoms with Gasteiger partial charge in [0.15, 0.2) is 0 Å². The quantitative estimate of drug-likeness (QED) is 0.173. The Morgan fingerprint density at radius 2 is 1.49 bits per heavy atom. The van der Waals surface area contributed by atoms with Gasteiger partial charge in [-0.3, -0.25) is 4.79 Å². The molecule has 0 radical (unpaired) electrons. The second-order valence-electron chi connectivity index (χ2n) is 12.0. The Morgan fingerprint density at radius 3 is 2.28 bits per heavy atom. The first-order valence-corrected chi connectivity index (χ1v) is 16.4. The molecule has 5 aromatic rings. The van der Waals surface area contributed by atoms with E-state index in [-0.39, 0.29) is 17.9 Å². The zero-order valence-corrected chi connectivity index (χ0v) is 26.9. The molecule has 0 bridgehead atoms. The summed E-state index contributed by atoms with van der Waals surface area (Å²) in [5.41, 5.74) is 8.77. The van der Waals surface area contributed by atoms with Gasteiger partial charge in [-0.05, 0) is 123 Å². The molecule has 1 amide bonds. The zero-order chi connectivity index (χ0) is 29.5. The number of aryl methyl sites for hydroxylation is 1. The molecular formula is C39H36INO2. The summed E-state index contributed by atoms with van der Waals surface area (Å²) < 4.78 is 7.28. The molecule has 3 atom stereocenters. The number of carbonyl (C=O) groups is 1. The Morgan fingerprint density at radius 1 is 0.744 bits per heavy atom. The fourth-order valence-corrected chi connectivity index (χ4v) is 8.17. The van der Waals surface area contributed by atoms with Gasteiger partial charge < -0.3 is 9.64 Å². The molecule has 0 aromatic heterocycles. The van der Waals surface area contributed by atoms with Gasteiger partial charge in [-0.15, -0.1) is 0 Å². The number of benzene rings is 5. The van der Waals surface area contributed by atoms with Crippen LogP contribution in [-0.4, -0.2) is 13.0 Å². The van der Waals surface area contributed by atoms with E-state index in [1.165, 1.54) is 47.7 Å². The van der Waals surface area contributed by atoms with Crippen LogP contribution >= 0.6 is 22.6 Å². The number of nitrogens with zero attached hydrogens (tertiary/aromatic N) is 1. The minimum atomic E-state index is -0.0533. The first-order valence-electron chi connectivity index (χ1n) is 15.4. The van der Waals surface area contributed by atoms with Gasteiger partial charge in [0, 0.05) is 22.3 Å². The number of anilines is 1. The van der Waals surface area contributed by atoms with Crippen LogP contribution in [0.2, 0.25) is 0 Å². The molecule has 0 spiro atoms. The number of ether oxygens (including phenoxy) is 1. The third-order valence-electron chi connectivity index (χ3n) is 9.55. The summed E-state index contributed by atoms with van der Waals surface area (Å²) in [5.74, 6) is 1.43. The first-order chi connectivity index (χ1) is 21.0. The van der Waals surface area contributed by atoms with Gasteiger partial charge >= 0.3 is 0 Å². The Kier molecular flexibility index (Phi) is 7.72. The van der Waals surface area contributed by atoms with Crippen molar-refractivity contribution in [2.75, 3.05) is 12.0 Å². The summed E-state index contributed by atoms with van der Waals surface area (Å²) in [7, 11) is 1.73. The predicted molar refractivity (Wildman–Crippen MR) is 184 cm³/mol. The molecule has 0 saturated heterocycles. The van der Waals surface area contributed by atoms with E-state index >= 15 is 0 Å². The minimum Gasteiger partial charge on any atom is -0.495 e. The maximum absolute atomic E-state index is 13.7. The molecule has 2 aliphatic rings. The smallest absolute Gasteiger partial charge is 0.224 e. The van der Waals surface area contributed by atoms with Gasteiger partial charge in [0.05, 0.1) is 18.8 Å². The molecule has 0 fully saturated rings. The van der Waals surface area contributed by atoms with E-state index in [0.29, 0.717) is 5.92 Å². The Hall–Kier alpha value is -3.64. The maximum atomic E-state index is 13.7. The van der Waals surface area contributed by atoms with Crippen LogP contribution in [0.15, 0.2) is 103 Å². The van der Waals surface area contributed by atoms with Gasteiger partial charge in [0.2, 0.25) is 5.91 Å². The van der Waals surface area contributed by atoms with Crippen LogP contribution in [0.25, 0.3) is 10.8 Å². The highest BCUT2D eigenvalue weighted by atomic mass is 127. The van der Waals surface area contributed by atoms with Crippen LogP contribution < -0.4 is 9.64 Å². The van der Waals surface area contributed by atoms with Crippen molar-refractivity contribution in [1.82, 2.24) is 0 Å². The molecule has 0 heterocycles. The molecular weight excluding hydrogens is 641 g/mol. The normalized spacial score (nSPS) is 19.4. The van der Waals surface area contributed by atoms with Crippen molar-refractivity contribution in [2.45, 2.75) is 56.9 Å².